The molecular formula is C23H28N4O. The lowest BCUT2D eigenvalue weighted by molar-refractivity contribution is -0.116. The average molecular weight is 377 g/mol. The van der Waals surface area contributed by atoms with Crippen molar-refractivity contribution in [3.05, 3.63) is 60.3 Å². The number of aromatic amines is 1. The molecule has 0 spiro atoms. The van der Waals surface area contributed by atoms with Crippen molar-refractivity contribution >= 4 is 28.2 Å². The second-order valence-corrected chi connectivity index (χ2v) is 7.57. The standard InChI is InChI=1S/C23H28N4O/c1-26-13-15-27(16-14-26)22-11-5-4-10-21(22)25-23(28)12-6-7-18-17-24-20-9-3-2-8-19(18)20/h2-5,8-11,17,24H,6-7,12-16H2,1H3,(H,25,28). The predicted octanol–water partition coefficient (Wildman–Crippen LogP) is 3.88. The van der Waals surface area contributed by atoms with E-state index in [1.165, 1.54) is 10.9 Å². The van der Waals surface area contributed by atoms with E-state index in [-0.39, 0.29) is 5.91 Å². The number of aromatic nitrogens is 1. The van der Waals surface area contributed by atoms with Crippen molar-refractivity contribution in [2.24, 2.45) is 0 Å². The number of nitrogens with one attached hydrogen (secondary N) is 2. The molecule has 2 N–H and O–H groups in total. The van der Waals surface area contributed by atoms with E-state index in [1.54, 1.807) is 0 Å². The maximum atomic E-state index is 12.5. The number of piperazine rings is 1. The van der Waals surface area contributed by atoms with Gasteiger partial charge in [-0.2, -0.15) is 0 Å². The van der Waals surface area contributed by atoms with Gasteiger partial charge in [-0.05, 0) is 43.7 Å². The third kappa shape index (κ3) is 4.20. The molecule has 1 aromatic heterocycles. The molecule has 1 saturated heterocycles. The monoisotopic (exact) mass is 376 g/mol. The summed E-state index contributed by atoms with van der Waals surface area (Å²) in [6, 6.07) is 16.4. The maximum absolute atomic E-state index is 12.5. The minimum absolute atomic E-state index is 0.0846. The molecule has 1 fully saturated rings. The summed E-state index contributed by atoms with van der Waals surface area (Å²) in [7, 11) is 2.15. The Morgan fingerprint density at radius 3 is 2.64 bits per heavy atom. The van der Waals surface area contributed by atoms with Gasteiger partial charge in [0.1, 0.15) is 0 Å². The van der Waals surface area contributed by atoms with Crippen LogP contribution in [0.1, 0.15) is 18.4 Å². The van der Waals surface area contributed by atoms with Crippen molar-refractivity contribution < 1.29 is 4.79 Å². The number of hydrogen-bond donors (Lipinski definition) is 2. The Bertz CT molecular complexity index is 940. The van der Waals surface area contributed by atoms with Gasteiger partial charge in [-0.15, -0.1) is 0 Å². The van der Waals surface area contributed by atoms with Crippen LogP contribution in [0.25, 0.3) is 10.9 Å². The molecule has 0 radical (unpaired) electrons. The Balaban J connectivity index is 1.34. The molecule has 3 aromatic rings. The van der Waals surface area contributed by atoms with Crippen LogP contribution >= 0.6 is 0 Å². The normalized spacial score (nSPS) is 15.1. The number of fused-ring (bicyclic) bond motifs is 1. The van der Waals surface area contributed by atoms with Gasteiger partial charge < -0.3 is 20.1 Å². The van der Waals surface area contributed by atoms with Crippen molar-refractivity contribution in [3.63, 3.8) is 0 Å². The van der Waals surface area contributed by atoms with Crippen molar-refractivity contribution in [1.29, 1.82) is 0 Å². The number of likely N-dealkylation sites (N-methyl/N-ethyl adjacent to an activating group) is 1. The SMILES string of the molecule is CN1CCN(c2ccccc2NC(=O)CCCc2c[nH]c3ccccc23)CC1. The third-order valence-electron chi connectivity index (χ3n) is 5.55. The van der Waals surface area contributed by atoms with Crippen LogP contribution in [0.15, 0.2) is 54.7 Å². The van der Waals surface area contributed by atoms with Crippen molar-refractivity contribution in [2.45, 2.75) is 19.3 Å². The fraction of sp³-hybridized carbons (Fsp3) is 0.348. The number of para-hydroxylation sites is 3. The summed E-state index contributed by atoms with van der Waals surface area (Å²) in [6.45, 7) is 4.08. The Morgan fingerprint density at radius 2 is 1.79 bits per heavy atom. The lowest BCUT2D eigenvalue weighted by Gasteiger charge is -2.35. The number of H-pyrrole nitrogens is 1. The molecule has 0 unspecified atom stereocenters. The fourth-order valence-corrected chi connectivity index (χ4v) is 3.89. The number of amides is 1. The van der Waals surface area contributed by atoms with Gasteiger partial charge in [-0.25, -0.2) is 0 Å². The predicted molar refractivity (Wildman–Crippen MR) is 116 cm³/mol. The Hall–Kier alpha value is -2.79. The van der Waals surface area contributed by atoms with E-state index in [0.717, 1.165) is 55.9 Å². The van der Waals surface area contributed by atoms with Gasteiger partial charge in [0.05, 0.1) is 11.4 Å². The van der Waals surface area contributed by atoms with Crippen LogP contribution in [0.5, 0.6) is 0 Å². The summed E-state index contributed by atoms with van der Waals surface area (Å²) in [5.74, 6) is 0.0846. The van der Waals surface area contributed by atoms with Crippen LogP contribution in [0, 0.1) is 0 Å². The molecule has 0 atom stereocenters. The van der Waals surface area contributed by atoms with Gasteiger partial charge in [0.2, 0.25) is 5.91 Å². The summed E-state index contributed by atoms with van der Waals surface area (Å²) < 4.78 is 0. The summed E-state index contributed by atoms with van der Waals surface area (Å²) >= 11 is 0. The number of aryl methyl sites for hydroxylation is 1. The molecule has 146 valence electrons. The number of anilines is 2. The summed E-state index contributed by atoms with van der Waals surface area (Å²) in [4.78, 5) is 20.5. The molecule has 1 aliphatic heterocycles. The molecule has 5 heteroatoms. The highest BCUT2D eigenvalue weighted by atomic mass is 16.1. The minimum Gasteiger partial charge on any atom is -0.367 e. The molecule has 28 heavy (non-hydrogen) atoms. The second kappa shape index (κ2) is 8.48. The number of carbonyl (C=O) groups excluding carboxylic acids is 1. The van der Waals surface area contributed by atoms with E-state index in [0.29, 0.717) is 6.42 Å². The minimum atomic E-state index is 0.0846. The molecule has 0 bridgehead atoms. The number of hydrogen-bond acceptors (Lipinski definition) is 3. The van der Waals surface area contributed by atoms with Gasteiger partial charge in [-0.1, -0.05) is 30.3 Å². The third-order valence-corrected chi connectivity index (χ3v) is 5.55. The first-order chi connectivity index (χ1) is 13.7. The topological polar surface area (TPSA) is 51.4 Å². The Labute approximate surface area is 166 Å². The first-order valence-electron chi connectivity index (χ1n) is 10.1. The highest BCUT2D eigenvalue weighted by molar-refractivity contribution is 5.94. The molecule has 5 nitrogen and oxygen atoms in total. The zero-order valence-electron chi connectivity index (χ0n) is 16.4. The van der Waals surface area contributed by atoms with E-state index in [2.05, 4.69) is 57.6 Å². The van der Waals surface area contributed by atoms with E-state index in [4.69, 9.17) is 0 Å². The van der Waals surface area contributed by atoms with Crippen LogP contribution in [0.2, 0.25) is 0 Å². The van der Waals surface area contributed by atoms with Gasteiger partial charge in [0, 0.05) is 49.7 Å². The number of nitrogens with zero attached hydrogens (tertiary/aromatic N) is 2. The molecule has 0 aliphatic carbocycles. The Kier molecular flexibility index (Phi) is 5.63. The zero-order chi connectivity index (χ0) is 19.3. The summed E-state index contributed by atoms with van der Waals surface area (Å²) in [5, 5.41) is 4.39. The highest BCUT2D eigenvalue weighted by Crippen LogP contribution is 2.27. The van der Waals surface area contributed by atoms with Gasteiger partial charge in [0.15, 0.2) is 0 Å². The van der Waals surface area contributed by atoms with Crippen LogP contribution in [-0.2, 0) is 11.2 Å². The van der Waals surface area contributed by atoms with E-state index in [1.807, 2.05) is 24.3 Å². The smallest absolute Gasteiger partial charge is 0.224 e. The average Bonchev–Trinajstić information content (AvgIpc) is 3.12. The molecule has 0 saturated carbocycles. The maximum Gasteiger partial charge on any atom is 0.224 e. The Morgan fingerprint density at radius 1 is 1.04 bits per heavy atom. The summed E-state index contributed by atoms with van der Waals surface area (Å²) in [5.41, 5.74) is 4.48. The fourth-order valence-electron chi connectivity index (χ4n) is 3.89. The summed E-state index contributed by atoms with van der Waals surface area (Å²) in [6.07, 6.45) is 4.32. The molecule has 2 aromatic carbocycles. The van der Waals surface area contributed by atoms with Crippen LogP contribution in [0.3, 0.4) is 0 Å². The lowest BCUT2D eigenvalue weighted by atomic mass is 10.1. The second-order valence-electron chi connectivity index (χ2n) is 7.57. The van der Waals surface area contributed by atoms with E-state index >= 15 is 0 Å². The van der Waals surface area contributed by atoms with Crippen molar-refractivity contribution in [1.82, 2.24) is 9.88 Å². The lowest BCUT2D eigenvalue weighted by Crippen LogP contribution is -2.44. The largest absolute Gasteiger partial charge is 0.367 e. The zero-order valence-corrected chi connectivity index (χ0v) is 16.4. The van der Waals surface area contributed by atoms with Crippen molar-refractivity contribution in [3.8, 4) is 0 Å². The number of benzene rings is 2. The van der Waals surface area contributed by atoms with Gasteiger partial charge in [0.25, 0.3) is 0 Å². The van der Waals surface area contributed by atoms with Crippen LogP contribution in [-0.4, -0.2) is 49.0 Å². The molecule has 1 amide bonds. The van der Waals surface area contributed by atoms with E-state index < -0.39 is 0 Å². The quantitative estimate of drug-likeness (QED) is 0.686. The molecule has 2 heterocycles. The molecular weight excluding hydrogens is 348 g/mol. The highest BCUT2D eigenvalue weighted by Gasteiger charge is 2.17. The van der Waals surface area contributed by atoms with Gasteiger partial charge >= 0.3 is 0 Å². The van der Waals surface area contributed by atoms with Crippen LogP contribution < -0.4 is 10.2 Å². The molecule has 1 aliphatic rings. The van der Waals surface area contributed by atoms with Crippen LogP contribution in [0.4, 0.5) is 11.4 Å². The number of carbonyl (C=O) groups is 1. The van der Waals surface area contributed by atoms with E-state index in [9.17, 15) is 4.79 Å². The molecule has 4 rings (SSSR count). The van der Waals surface area contributed by atoms with Gasteiger partial charge in [-0.3, -0.25) is 4.79 Å². The first-order valence-corrected chi connectivity index (χ1v) is 10.1. The number of rotatable bonds is 6. The first kappa shape index (κ1) is 18.6. The van der Waals surface area contributed by atoms with Crippen molar-refractivity contribution in [2.75, 3.05) is 43.4 Å².